The van der Waals surface area contributed by atoms with Crippen molar-refractivity contribution >= 4 is 34.6 Å². The maximum atomic E-state index is 13.8. The molecule has 3 atom stereocenters. The van der Waals surface area contributed by atoms with Crippen LogP contribution in [-0.2, 0) is 32.8 Å². The van der Waals surface area contributed by atoms with Crippen molar-refractivity contribution in [3.8, 4) is 5.75 Å². The van der Waals surface area contributed by atoms with E-state index in [2.05, 4.69) is 38.2 Å². The molecule has 0 spiro atoms. The molecule has 3 aliphatic carbocycles. The number of phenolic OH excluding ortho intramolecular Hbond substituents is 1. The summed E-state index contributed by atoms with van der Waals surface area (Å²) in [5, 5.41) is 48.4. The number of aromatic hydroxyl groups is 1. The predicted molar refractivity (Wildman–Crippen MR) is 158 cm³/mol. The Morgan fingerprint density at radius 1 is 1.10 bits per heavy atom. The monoisotopic (exact) mass is 575 g/mol. The van der Waals surface area contributed by atoms with Crippen molar-refractivity contribution < 1.29 is 34.8 Å². The Bertz CT molecular complexity index is 1580. The molecule has 7 N–H and O–H groups in total. The van der Waals surface area contributed by atoms with Crippen LogP contribution in [0.1, 0.15) is 55.9 Å². The first-order valence-corrected chi connectivity index (χ1v) is 13.9. The number of anilines is 2. The number of primary amides is 1. The van der Waals surface area contributed by atoms with E-state index >= 15 is 0 Å². The number of fused-ring (bicyclic) bond motifs is 3. The summed E-state index contributed by atoms with van der Waals surface area (Å²) >= 11 is 0. The number of amides is 1. The van der Waals surface area contributed by atoms with Gasteiger partial charge in [-0.2, -0.15) is 0 Å². The lowest BCUT2D eigenvalue weighted by atomic mass is 9.59. The van der Waals surface area contributed by atoms with Crippen LogP contribution in [-0.4, -0.2) is 57.6 Å². The number of hydrogen-bond donors (Lipinski definition) is 6. The Hall–Kier alpha value is -4.31. The standard InChI is InChI=1S/C32H37N3O7/c1-31(2,3)17-8-6-15(7-9-17)14-34-20-13-21(35(4)5)19-11-16-10-18-12-22(36)25(30(33)41)29(40)32(18,42)28(39)23(16)27(38)24(19)26(20)37/h6-9,13,16,18,34,37-38,40,42H,10-12,14H2,1-5H3,(H2,33,41)/t16-,18+,32+/m1/s1. The van der Waals surface area contributed by atoms with Crippen molar-refractivity contribution in [3.63, 3.8) is 0 Å². The number of nitrogens with zero attached hydrogens (tertiary/aromatic N) is 1. The summed E-state index contributed by atoms with van der Waals surface area (Å²) in [6, 6.07) is 9.92. The van der Waals surface area contributed by atoms with Crippen LogP contribution in [0.25, 0.3) is 5.76 Å². The van der Waals surface area contributed by atoms with Crippen LogP contribution in [0.2, 0.25) is 0 Å². The number of benzene rings is 2. The van der Waals surface area contributed by atoms with Crippen LogP contribution in [0.4, 0.5) is 11.4 Å². The SMILES string of the molecule is CN(C)c1cc(NCc2ccc(C(C)(C)C)cc2)c(O)c2c1C[C@H]1C[C@H]3CC(=O)C(C(N)=O)=C(O)[C@@]3(O)C(=O)C1=C2O. The van der Waals surface area contributed by atoms with Gasteiger partial charge >= 0.3 is 0 Å². The molecular weight excluding hydrogens is 538 g/mol. The number of hydrogen-bond acceptors (Lipinski definition) is 9. The topological polar surface area (TPSA) is 173 Å². The van der Waals surface area contributed by atoms with E-state index in [1.165, 1.54) is 5.56 Å². The molecule has 0 heterocycles. The average Bonchev–Trinajstić information content (AvgIpc) is 2.89. The molecule has 5 rings (SSSR count). The molecule has 0 bridgehead atoms. The van der Waals surface area contributed by atoms with Gasteiger partial charge in [-0.3, -0.25) is 14.4 Å². The number of aliphatic hydroxyl groups is 3. The van der Waals surface area contributed by atoms with Crippen LogP contribution >= 0.6 is 0 Å². The lowest BCUT2D eigenvalue weighted by molar-refractivity contribution is -0.147. The number of aliphatic hydroxyl groups excluding tert-OH is 2. The molecule has 222 valence electrons. The highest BCUT2D eigenvalue weighted by atomic mass is 16.3. The highest BCUT2D eigenvalue weighted by Crippen LogP contribution is 2.54. The molecule has 2 aromatic carbocycles. The van der Waals surface area contributed by atoms with E-state index in [0.29, 0.717) is 23.5 Å². The van der Waals surface area contributed by atoms with E-state index in [9.17, 15) is 34.8 Å². The lowest BCUT2D eigenvalue weighted by Crippen LogP contribution is -2.58. The molecule has 3 aliphatic rings. The minimum Gasteiger partial charge on any atom is -0.508 e. The first kappa shape index (κ1) is 29.2. The number of ketones is 2. The molecule has 0 unspecified atom stereocenters. The summed E-state index contributed by atoms with van der Waals surface area (Å²) < 4.78 is 0. The molecule has 10 nitrogen and oxygen atoms in total. The zero-order chi connectivity index (χ0) is 30.9. The minimum atomic E-state index is -2.59. The van der Waals surface area contributed by atoms with Crippen LogP contribution in [0.5, 0.6) is 5.75 Å². The first-order chi connectivity index (χ1) is 19.6. The molecular formula is C32H37N3O7. The number of nitrogens with one attached hydrogen (secondary N) is 1. The molecule has 0 radical (unpaired) electrons. The number of rotatable bonds is 5. The first-order valence-electron chi connectivity index (χ1n) is 13.9. The molecule has 0 saturated heterocycles. The Balaban J connectivity index is 1.57. The highest BCUT2D eigenvalue weighted by Gasteiger charge is 2.60. The number of phenols is 1. The van der Waals surface area contributed by atoms with E-state index in [4.69, 9.17) is 5.73 Å². The second-order valence-electron chi connectivity index (χ2n) is 12.7. The Labute approximate surface area is 244 Å². The second-order valence-corrected chi connectivity index (χ2v) is 12.7. The highest BCUT2D eigenvalue weighted by molar-refractivity contribution is 6.22. The molecule has 2 aromatic rings. The minimum absolute atomic E-state index is 0.0110. The fraction of sp³-hybridized carbons (Fsp3) is 0.406. The van der Waals surface area contributed by atoms with Crippen LogP contribution in [0.3, 0.4) is 0 Å². The number of carbonyl (C=O) groups excluding carboxylic acids is 3. The molecule has 1 fully saturated rings. The summed E-state index contributed by atoms with van der Waals surface area (Å²) in [6.07, 6.45) is -0.0293. The van der Waals surface area contributed by atoms with Crippen molar-refractivity contribution in [2.24, 2.45) is 17.6 Å². The third kappa shape index (κ3) is 4.41. The van der Waals surface area contributed by atoms with Gasteiger partial charge in [-0.1, -0.05) is 45.0 Å². The fourth-order valence-corrected chi connectivity index (χ4v) is 6.52. The molecule has 1 saturated carbocycles. The summed E-state index contributed by atoms with van der Waals surface area (Å²) in [5.41, 5.74) is 5.60. The number of carbonyl (C=O) groups is 3. The van der Waals surface area contributed by atoms with Gasteiger partial charge in [0.15, 0.2) is 11.4 Å². The quantitative estimate of drug-likeness (QED) is 0.231. The van der Waals surface area contributed by atoms with Crippen molar-refractivity contribution in [2.75, 3.05) is 24.3 Å². The molecule has 0 aromatic heterocycles. The molecule has 0 aliphatic heterocycles. The Morgan fingerprint density at radius 2 is 1.74 bits per heavy atom. The van der Waals surface area contributed by atoms with Crippen molar-refractivity contribution in [1.29, 1.82) is 0 Å². The van der Waals surface area contributed by atoms with Crippen molar-refractivity contribution in [2.45, 2.75) is 57.6 Å². The van der Waals surface area contributed by atoms with E-state index in [-0.39, 0.29) is 41.6 Å². The summed E-state index contributed by atoms with van der Waals surface area (Å²) in [5.74, 6) is -6.47. The average molecular weight is 576 g/mol. The van der Waals surface area contributed by atoms with E-state index < -0.39 is 52.0 Å². The number of nitrogens with two attached hydrogens (primary N) is 1. The largest absolute Gasteiger partial charge is 0.508 e. The smallest absolute Gasteiger partial charge is 0.255 e. The van der Waals surface area contributed by atoms with Gasteiger partial charge in [0.25, 0.3) is 5.91 Å². The zero-order valence-corrected chi connectivity index (χ0v) is 24.4. The maximum Gasteiger partial charge on any atom is 0.255 e. The van der Waals surface area contributed by atoms with E-state index in [0.717, 1.165) is 5.56 Å². The van der Waals surface area contributed by atoms with Gasteiger partial charge in [0.2, 0.25) is 5.78 Å². The van der Waals surface area contributed by atoms with Crippen molar-refractivity contribution in [3.05, 3.63) is 69.5 Å². The van der Waals surface area contributed by atoms with Crippen LogP contribution in [0.15, 0.2) is 47.2 Å². The van der Waals surface area contributed by atoms with Gasteiger partial charge < -0.3 is 36.4 Å². The van der Waals surface area contributed by atoms with Crippen LogP contribution in [0, 0.1) is 11.8 Å². The summed E-state index contributed by atoms with van der Waals surface area (Å²) in [7, 11) is 3.66. The summed E-state index contributed by atoms with van der Waals surface area (Å²) in [6.45, 7) is 6.79. The van der Waals surface area contributed by atoms with Crippen LogP contribution < -0.4 is 16.0 Å². The van der Waals surface area contributed by atoms with Gasteiger partial charge in [-0.05, 0) is 46.9 Å². The van der Waals surface area contributed by atoms with E-state index in [1.54, 1.807) is 6.07 Å². The molecule has 1 amide bonds. The Kier molecular flexibility index (Phi) is 6.88. The zero-order valence-electron chi connectivity index (χ0n) is 24.4. The normalized spacial score (nSPS) is 23.8. The molecule has 10 heteroatoms. The van der Waals surface area contributed by atoms with Gasteiger partial charge in [-0.25, -0.2) is 0 Å². The van der Waals surface area contributed by atoms with Gasteiger partial charge in [-0.15, -0.1) is 0 Å². The maximum absolute atomic E-state index is 13.8. The van der Waals surface area contributed by atoms with Gasteiger partial charge in [0.1, 0.15) is 22.8 Å². The van der Waals surface area contributed by atoms with Gasteiger partial charge in [0.05, 0.1) is 11.3 Å². The Morgan fingerprint density at radius 3 is 2.31 bits per heavy atom. The van der Waals surface area contributed by atoms with Crippen molar-refractivity contribution in [1.82, 2.24) is 0 Å². The fourth-order valence-electron chi connectivity index (χ4n) is 6.52. The third-order valence-corrected chi connectivity index (χ3v) is 8.82. The second kappa shape index (κ2) is 9.90. The lowest BCUT2D eigenvalue weighted by Gasteiger charge is -2.46. The van der Waals surface area contributed by atoms with E-state index in [1.807, 2.05) is 31.1 Å². The third-order valence-electron chi connectivity index (χ3n) is 8.82. The van der Waals surface area contributed by atoms with Gasteiger partial charge in [0, 0.05) is 44.2 Å². The number of Topliss-reactive ketones (excluding diaryl/α,β-unsaturated/α-hetero) is 2. The molecule has 42 heavy (non-hydrogen) atoms. The summed E-state index contributed by atoms with van der Waals surface area (Å²) in [4.78, 5) is 40.1. The predicted octanol–water partition coefficient (Wildman–Crippen LogP) is 3.40.